The molecule has 1 aliphatic carbocycles. The van der Waals surface area contributed by atoms with E-state index >= 15 is 0 Å². The Morgan fingerprint density at radius 3 is 2.50 bits per heavy atom. The summed E-state index contributed by atoms with van der Waals surface area (Å²) in [6, 6.07) is 0. The molecular weight excluding hydrogens is 246 g/mol. The van der Waals surface area contributed by atoms with E-state index < -0.39 is 0 Å². The highest BCUT2D eigenvalue weighted by molar-refractivity contribution is 7.71. The maximum absolute atomic E-state index is 5.23. The van der Waals surface area contributed by atoms with Gasteiger partial charge in [0.25, 0.3) is 0 Å². The minimum absolute atomic E-state index is 0.306. The quantitative estimate of drug-likeness (QED) is 0.829. The summed E-state index contributed by atoms with van der Waals surface area (Å²) in [5.74, 6) is 0.940. The van der Waals surface area contributed by atoms with Gasteiger partial charge < -0.3 is 9.80 Å². The first-order valence-electron chi connectivity index (χ1n) is 6.54. The van der Waals surface area contributed by atoms with Gasteiger partial charge in [-0.05, 0) is 52.5 Å². The molecule has 0 aromatic carbocycles. The molecule has 6 heteroatoms. The molecule has 1 aromatic heterocycles. The Hall–Kier alpha value is -0.880. The van der Waals surface area contributed by atoms with Crippen LogP contribution in [0.2, 0.25) is 0 Å². The molecule has 1 aromatic rings. The first-order valence-corrected chi connectivity index (χ1v) is 6.95. The molecule has 102 valence electrons. The topological polar surface area (TPSA) is 40.1 Å². The van der Waals surface area contributed by atoms with Gasteiger partial charge in [-0.2, -0.15) is 0 Å². The highest BCUT2D eigenvalue weighted by Gasteiger charge is 2.40. The van der Waals surface area contributed by atoms with E-state index in [9.17, 15) is 0 Å². The van der Waals surface area contributed by atoms with E-state index in [1.165, 1.54) is 19.3 Å². The molecule has 0 bridgehead atoms. The van der Waals surface area contributed by atoms with Crippen molar-refractivity contribution in [2.45, 2.75) is 38.3 Å². The lowest BCUT2D eigenvalue weighted by molar-refractivity contribution is 0.0679. The van der Waals surface area contributed by atoms with E-state index in [1.54, 1.807) is 0 Å². The van der Waals surface area contributed by atoms with Crippen LogP contribution in [0.5, 0.6) is 0 Å². The van der Waals surface area contributed by atoms with Crippen molar-refractivity contribution < 1.29 is 0 Å². The lowest BCUT2D eigenvalue weighted by atomic mass is 9.75. The average molecular weight is 269 g/mol. The van der Waals surface area contributed by atoms with Crippen LogP contribution in [0.3, 0.4) is 0 Å². The Balaban J connectivity index is 2.16. The van der Waals surface area contributed by atoms with Crippen LogP contribution in [-0.4, -0.2) is 52.9 Å². The van der Waals surface area contributed by atoms with Crippen LogP contribution in [0, 0.1) is 4.77 Å². The van der Waals surface area contributed by atoms with Gasteiger partial charge in [0, 0.05) is 25.7 Å². The van der Waals surface area contributed by atoms with Crippen molar-refractivity contribution in [1.82, 2.24) is 19.7 Å². The van der Waals surface area contributed by atoms with E-state index in [-0.39, 0.29) is 0 Å². The second-order valence-corrected chi connectivity index (χ2v) is 5.79. The Morgan fingerprint density at radius 1 is 1.39 bits per heavy atom. The number of likely N-dealkylation sites (N-methyl/N-ethyl adjacent to an activating group) is 2. The first-order chi connectivity index (χ1) is 8.50. The van der Waals surface area contributed by atoms with Crippen molar-refractivity contribution in [1.29, 1.82) is 0 Å². The SMILES string of the molecule is CCn1c(N(C)CC2(N(C)C)CCC2)n[nH]c1=S. The first kappa shape index (κ1) is 13.5. The van der Waals surface area contributed by atoms with Crippen LogP contribution in [0.25, 0.3) is 0 Å². The van der Waals surface area contributed by atoms with Gasteiger partial charge >= 0.3 is 0 Å². The van der Waals surface area contributed by atoms with Gasteiger partial charge in [0.1, 0.15) is 0 Å². The molecule has 0 unspecified atom stereocenters. The second-order valence-electron chi connectivity index (χ2n) is 5.40. The van der Waals surface area contributed by atoms with E-state index in [0.717, 1.165) is 19.0 Å². The number of H-pyrrole nitrogens is 1. The summed E-state index contributed by atoms with van der Waals surface area (Å²) >= 11 is 5.23. The molecule has 0 saturated heterocycles. The minimum Gasteiger partial charge on any atom is -0.342 e. The Kier molecular flexibility index (Phi) is 3.77. The van der Waals surface area contributed by atoms with Crippen LogP contribution >= 0.6 is 12.2 Å². The Bertz CT molecular complexity index is 457. The predicted octanol–water partition coefficient (Wildman–Crippen LogP) is 1.88. The molecule has 1 fully saturated rings. The number of nitrogens with zero attached hydrogens (tertiary/aromatic N) is 4. The number of aromatic nitrogens is 3. The van der Waals surface area contributed by atoms with Gasteiger partial charge in [0.2, 0.25) is 5.95 Å². The van der Waals surface area contributed by atoms with Crippen molar-refractivity contribution in [2.75, 3.05) is 32.6 Å². The largest absolute Gasteiger partial charge is 0.342 e. The smallest absolute Gasteiger partial charge is 0.225 e. The zero-order chi connectivity index (χ0) is 13.3. The molecule has 0 atom stereocenters. The number of anilines is 1. The average Bonchev–Trinajstić information content (AvgIpc) is 2.64. The van der Waals surface area contributed by atoms with E-state index in [1.807, 2.05) is 4.57 Å². The number of aromatic amines is 1. The summed E-state index contributed by atoms with van der Waals surface area (Å²) in [5.41, 5.74) is 0.306. The zero-order valence-corrected chi connectivity index (χ0v) is 12.5. The molecule has 1 heterocycles. The number of hydrogen-bond donors (Lipinski definition) is 1. The van der Waals surface area contributed by atoms with E-state index in [4.69, 9.17) is 12.2 Å². The van der Waals surface area contributed by atoms with Crippen LogP contribution in [0.15, 0.2) is 0 Å². The highest BCUT2D eigenvalue weighted by Crippen LogP contribution is 2.37. The fourth-order valence-electron chi connectivity index (χ4n) is 2.73. The number of hydrogen-bond acceptors (Lipinski definition) is 4. The standard InChI is InChI=1S/C12H23N5S/c1-5-17-10(13-14-11(17)18)16(4)9-12(15(2)3)7-6-8-12/h5-9H2,1-4H3,(H,14,18). The molecule has 1 N–H and O–H groups in total. The third-order valence-corrected chi connectivity index (χ3v) is 4.47. The monoisotopic (exact) mass is 269 g/mol. The van der Waals surface area contributed by atoms with Gasteiger partial charge in [-0.1, -0.05) is 0 Å². The predicted molar refractivity (Wildman–Crippen MR) is 76.6 cm³/mol. The minimum atomic E-state index is 0.306. The van der Waals surface area contributed by atoms with Gasteiger partial charge in [0.15, 0.2) is 4.77 Å². The molecule has 0 aliphatic heterocycles. The third-order valence-electron chi connectivity index (χ3n) is 4.16. The van der Waals surface area contributed by atoms with Gasteiger partial charge in [-0.25, -0.2) is 5.10 Å². The van der Waals surface area contributed by atoms with Crippen molar-refractivity contribution >= 4 is 18.2 Å². The lowest BCUT2D eigenvalue weighted by Crippen LogP contribution is -2.57. The normalized spacial score (nSPS) is 17.8. The second kappa shape index (κ2) is 5.01. The summed E-state index contributed by atoms with van der Waals surface area (Å²) in [6.07, 6.45) is 3.86. The van der Waals surface area contributed by atoms with Gasteiger partial charge in [-0.15, -0.1) is 5.10 Å². The summed E-state index contributed by atoms with van der Waals surface area (Å²) in [6.45, 7) is 3.94. The summed E-state index contributed by atoms with van der Waals surface area (Å²) < 4.78 is 2.74. The maximum atomic E-state index is 5.23. The molecular formula is C12H23N5S. The lowest BCUT2D eigenvalue weighted by Gasteiger charge is -2.49. The fraction of sp³-hybridized carbons (Fsp3) is 0.833. The molecule has 1 saturated carbocycles. The number of nitrogens with one attached hydrogen (secondary N) is 1. The van der Waals surface area contributed by atoms with Crippen molar-refractivity contribution in [3.8, 4) is 0 Å². The summed E-state index contributed by atoms with van der Waals surface area (Å²) in [7, 11) is 6.44. The van der Waals surface area contributed by atoms with E-state index in [2.05, 4.69) is 48.1 Å². The van der Waals surface area contributed by atoms with Crippen LogP contribution in [0.4, 0.5) is 5.95 Å². The van der Waals surface area contributed by atoms with Crippen molar-refractivity contribution in [2.24, 2.45) is 0 Å². The van der Waals surface area contributed by atoms with Crippen LogP contribution < -0.4 is 4.90 Å². The molecule has 0 spiro atoms. The molecule has 0 radical (unpaired) electrons. The van der Waals surface area contributed by atoms with E-state index in [0.29, 0.717) is 10.3 Å². The Labute approximate surface area is 114 Å². The van der Waals surface area contributed by atoms with Gasteiger partial charge in [0.05, 0.1) is 0 Å². The fourth-order valence-corrected chi connectivity index (χ4v) is 2.99. The molecule has 5 nitrogen and oxygen atoms in total. The summed E-state index contributed by atoms with van der Waals surface area (Å²) in [4.78, 5) is 4.57. The maximum Gasteiger partial charge on any atom is 0.225 e. The van der Waals surface area contributed by atoms with Crippen molar-refractivity contribution in [3.63, 3.8) is 0 Å². The van der Waals surface area contributed by atoms with Crippen molar-refractivity contribution in [3.05, 3.63) is 4.77 Å². The number of rotatable bonds is 5. The molecule has 18 heavy (non-hydrogen) atoms. The van der Waals surface area contributed by atoms with Gasteiger partial charge in [-0.3, -0.25) is 4.57 Å². The molecule has 0 amide bonds. The highest BCUT2D eigenvalue weighted by atomic mass is 32.1. The zero-order valence-electron chi connectivity index (χ0n) is 11.7. The van der Waals surface area contributed by atoms with Crippen LogP contribution in [0.1, 0.15) is 26.2 Å². The Morgan fingerprint density at radius 2 is 2.06 bits per heavy atom. The third kappa shape index (κ3) is 2.19. The van der Waals surface area contributed by atoms with Crippen LogP contribution in [-0.2, 0) is 6.54 Å². The molecule has 1 aliphatic rings. The molecule has 2 rings (SSSR count). The summed E-state index contributed by atoms with van der Waals surface area (Å²) in [5, 5.41) is 7.22.